The molecule has 2 aliphatic rings. The van der Waals surface area contributed by atoms with Crippen LogP contribution in [0.15, 0.2) is 0 Å². The van der Waals surface area contributed by atoms with Crippen molar-refractivity contribution in [2.75, 3.05) is 20.3 Å². The molecule has 2 unspecified atom stereocenters. The van der Waals surface area contributed by atoms with Crippen LogP contribution in [0.3, 0.4) is 0 Å². The minimum atomic E-state index is -0.772. The van der Waals surface area contributed by atoms with Gasteiger partial charge in [0.2, 0.25) is 0 Å². The van der Waals surface area contributed by atoms with E-state index in [0.717, 1.165) is 44.8 Å². The first-order valence-corrected chi connectivity index (χ1v) is 7.62. The maximum Gasteiger partial charge on any atom is 0.326 e. The summed E-state index contributed by atoms with van der Waals surface area (Å²) < 4.78 is 10.6. The summed E-state index contributed by atoms with van der Waals surface area (Å²) in [6.45, 7) is 1.60. The van der Waals surface area contributed by atoms with Crippen molar-refractivity contribution in [3.05, 3.63) is 0 Å². The number of carbonyl (C=O) groups excluding carboxylic acids is 1. The average Bonchev–Trinajstić information content (AvgIpc) is 3.04. The van der Waals surface area contributed by atoms with Crippen LogP contribution in [-0.2, 0) is 14.3 Å². The summed E-state index contributed by atoms with van der Waals surface area (Å²) in [4.78, 5) is 11.8. The molecule has 0 aliphatic heterocycles. The predicted molar refractivity (Wildman–Crippen MR) is 73.7 cm³/mol. The quantitative estimate of drug-likeness (QED) is 0.593. The van der Waals surface area contributed by atoms with Crippen LogP contribution >= 0.6 is 0 Å². The molecular formula is C15H27NO3. The van der Waals surface area contributed by atoms with Gasteiger partial charge in [0.15, 0.2) is 0 Å². The summed E-state index contributed by atoms with van der Waals surface area (Å²) >= 11 is 0. The average molecular weight is 269 g/mol. The van der Waals surface area contributed by atoms with E-state index in [2.05, 4.69) is 0 Å². The zero-order chi connectivity index (χ0) is 13.7. The summed E-state index contributed by atoms with van der Waals surface area (Å²) in [6, 6.07) is 0. The van der Waals surface area contributed by atoms with Crippen LogP contribution < -0.4 is 5.73 Å². The van der Waals surface area contributed by atoms with Crippen LogP contribution in [0, 0.1) is 11.8 Å². The third kappa shape index (κ3) is 3.48. The number of hydrogen-bond donors (Lipinski definition) is 1. The Morgan fingerprint density at radius 3 is 2.68 bits per heavy atom. The second kappa shape index (κ2) is 6.71. The molecule has 0 saturated heterocycles. The van der Waals surface area contributed by atoms with Gasteiger partial charge in [-0.1, -0.05) is 19.3 Å². The summed E-state index contributed by atoms with van der Waals surface area (Å²) in [7, 11) is 1.42. The van der Waals surface area contributed by atoms with Gasteiger partial charge in [-0.2, -0.15) is 0 Å². The Balaban J connectivity index is 1.70. The number of carbonyl (C=O) groups is 1. The molecule has 2 rings (SSSR count). The number of methoxy groups -OCH3 is 1. The molecule has 0 spiro atoms. The first-order valence-electron chi connectivity index (χ1n) is 7.62. The highest BCUT2D eigenvalue weighted by Crippen LogP contribution is 2.37. The van der Waals surface area contributed by atoms with E-state index in [1.54, 1.807) is 0 Å². The van der Waals surface area contributed by atoms with Crippen LogP contribution in [0.1, 0.15) is 51.4 Å². The monoisotopic (exact) mass is 269 g/mol. The van der Waals surface area contributed by atoms with Crippen molar-refractivity contribution in [2.45, 2.75) is 56.9 Å². The zero-order valence-electron chi connectivity index (χ0n) is 12.0. The zero-order valence-corrected chi connectivity index (χ0v) is 12.0. The minimum Gasteiger partial charge on any atom is -0.468 e. The van der Waals surface area contributed by atoms with E-state index in [4.69, 9.17) is 15.2 Å². The molecule has 0 radical (unpaired) electrons. The molecule has 2 N–H and O–H groups in total. The van der Waals surface area contributed by atoms with Crippen LogP contribution in [0.25, 0.3) is 0 Å². The Kier molecular flexibility index (Phi) is 5.22. The van der Waals surface area contributed by atoms with Gasteiger partial charge in [0.1, 0.15) is 5.54 Å². The molecule has 19 heavy (non-hydrogen) atoms. The van der Waals surface area contributed by atoms with Gasteiger partial charge in [-0.15, -0.1) is 0 Å². The van der Waals surface area contributed by atoms with E-state index in [1.165, 1.54) is 32.8 Å². The van der Waals surface area contributed by atoms with Gasteiger partial charge in [0, 0.05) is 13.2 Å². The van der Waals surface area contributed by atoms with Gasteiger partial charge < -0.3 is 15.2 Å². The van der Waals surface area contributed by atoms with Crippen LogP contribution in [-0.4, -0.2) is 31.8 Å². The number of esters is 1. The van der Waals surface area contributed by atoms with Crippen molar-refractivity contribution in [1.82, 2.24) is 0 Å². The van der Waals surface area contributed by atoms with E-state index in [1.807, 2.05) is 0 Å². The fourth-order valence-electron chi connectivity index (χ4n) is 3.62. The smallest absolute Gasteiger partial charge is 0.326 e. The fourth-order valence-corrected chi connectivity index (χ4v) is 3.62. The number of hydrogen-bond acceptors (Lipinski definition) is 4. The van der Waals surface area contributed by atoms with E-state index in [9.17, 15) is 4.79 Å². The molecule has 2 fully saturated rings. The molecule has 2 atom stereocenters. The van der Waals surface area contributed by atoms with Gasteiger partial charge >= 0.3 is 5.97 Å². The molecule has 0 heterocycles. The molecule has 2 aliphatic carbocycles. The maximum atomic E-state index is 11.8. The van der Waals surface area contributed by atoms with Gasteiger partial charge in [0.25, 0.3) is 0 Å². The summed E-state index contributed by atoms with van der Waals surface area (Å²) in [6.07, 6.45) is 8.97. The molecular weight excluding hydrogens is 242 g/mol. The summed E-state index contributed by atoms with van der Waals surface area (Å²) in [5, 5.41) is 0. The normalized spacial score (nSPS) is 31.8. The Hall–Kier alpha value is -0.610. The Labute approximate surface area is 116 Å². The largest absolute Gasteiger partial charge is 0.468 e. The van der Waals surface area contributed by atoms with E-state index in [-0.39, 0.29) is 11.9 Å². The molecule has 0 aromatic heterocycles. The second-order valence-corrected chi connectivity index (χ2v) is 6.14. The van der Waals surface area contributed by atoms with E-state index < -0.39 is 5.54 Å². The summed E-state index contributed by atoms with van der Waals surface area (Å²) in [5.74, 6) is 0.709. The van der Waals surface area contributed by atoms with Crippen molar-refractivity contribution in [2.24, 2.45) is 17.6 Å². The lowest BCUT2D eigenvalue weighted by Gasteiger charge is -2.28. The highest BCUT2D eigenvalue weighted by Gasteiger charge is 2.46. The predicted octanol–water partition coefficient (Wildman–Crippen LogP) is 2.25. The van der Waals surface area contributed by atoms with Gasteiger partial charge in [-0.25, -0.2) is 0 Å². The molecule has 2 saturated carbocycles. The Bertz CT molecular complexity index is 302. The van der Waals surface area contributed by atoms with Crippen molar-refractivity contribution < 1.29 is 14.3 Å². The van der Waals surface area contributed by atoms with Gasteiger partial charge in [0.05, 0.1) is 7.11 Å². The number of ether oxygens (including phenoxy) is 2. The van der Waals surface area contributed by atoms with Crippen LogP contribution in [0.4, 0.5) is 0 Å². The maximum absolute atomic E-state index is 11.8. The molecule has 0 bridgehead atoms. The van der Waals surface area contributed by atoms with E-state index >= 15 is 0 Å². The van der Waals surface area contributed by atoms with Crippen LogP contribution in [0.5, 0.6) is 0 Å². The number of rotatable bonds is 6. The topological polar surface area (TPSA) is 61.5 Å². The Morgan fingerprint density at radius 2 is 2.00 bits per heavy atom. The first-order chi connectivity index (χ1) is 9.16. The van der Waals surface area contributed by atoms with Crippen molar-refractivity contribution >= 4 is 5.97 Å². The van der Waals surface area contributed by atoms with Gasteiger partial charge in [-0.05, 0) is 43.9 Å². The molecule has 4 nitrogen and oxygen atoms in total. The molecule has 0 amide bonds. The molecule has 110 valence electrons. The number of nitrogens with two attached hydrogens (primary N) is 1. The fraction of sp³-hybridized carbons (Fsp3) is 0.933. The van der Waals surface area contributed by atoms with Crippen molar-refractivity contribution in [3.8, 4) is 0 Å². The first kappa shape index (κ1) is 14.8. The standard InChI is InChI=1S/C15H27NO3/c1-18-14(17)15(16)9-4-7-13(15)8-10-19-11-12-5-2-3-6-12/h12-13H,2-11,16H2,1H3. The molecule has 0 aromatic carbocycles. The van der Waals surface area contributed by atoms with Crippen molar-refractivity contribution in [3.63, 3.8) is 0 Å². The third-order valence-corrected chi connectivity index (χ3v) is 4.88. The highest BCUT2D eigenvalue weighted by molar-refractivity contribution is 5.81. The van der Waals surface area contributed by atoms with Crippen LogP contribution in [0.2, 0.25) is 0 Å². The third-order valence-electron chi connectivity index (χ3n) is 4.88. The van der Waals surface area contributed by atoms with E-state index in [0.29, 0.717) is 0 Å². The summed E-state index contributed by atoms with van der Waals surface area (Å²) in [5.41, 5.74) is 5.46. The lowest BCUT2D eigenvalue weighted by molar-refractivity contribution is -0.148. The lowest BCUT2D eigenvalue weighted by Crippen LogP contribution is -2.51. The minimum absolute atomic E-state index is 0.212. The van der Waals surface area contributed by atoms with Crippen molar-refractivity contribution in [1.29, 1.82) is 0 Å². The second-order valence-electron chi connectivity index (χ2n) is 6.14. The highest BCUT2D eigenvalue weighted by atomic mass is 16.5. The Morgan fingerprint density at radius 1 is 1.26 bits per heavy atom. The SMILES string of the molecule is COC(=O)C1(N)CCCC1CCOCC1CCCC1. The molecule has 0 aromatic rings. The van der Waals surface area contributed by atoms with Gasteiger partial charge in [-0.3, -0.25) is 4.79 Å². The lowest BCUT2D eigenvalue weighted by atomic mass is 9.86. The molecule has 4 heteroatoms.